The van der Waals surface area contributed by atoms with Crippen molar-refractivity contribution in [1.82, 2.24) is 5.48 Å². The van der Waals surface area contributed by atoms with Crippen LogP contribution in [0, 0.1) is 0 Å². The zero-order chi connectivity index (χ0) is 15.3. The van der Waals surface area contributed by atoms with Crippen LogP contribution in [-0.2, 0) is 14.4 Å². The van der Waals surface area contributed by atoms with Crippen LogP contribution in [0.25, 0.3) is 0 Å². The SMILES string of the molecule is CC(C)(C)OC(=O)NOC(C(=O)O)c1ccc(O)cc1. The van der Waals surface area contributed by atoms with Crippen LogP contribution in [0.4, 0.5) is 4.79 Å². The fraction of sp³-hybridized carbons (Fsp3) is 0.385. The first-order chi connectivity index (χ1) is 9.19. The molecule has 0 saturated carbocycles. The van der Waals surface area contributed by atoms with Gasteiger partial charge in [0, 0.05) is 0 Å². The average molecular weight is 283 g/mol. The molecule has 0 radical (unpaired) electrons. The molecular weight excluding hydrogens is 266 g/mol. The Morgan fingerprint density at radius 1 is 1.20 bits per heavy atom. The monoisotopic (exact) mass is 283 g/mol. The van der Waals surface area contributed by atoms with Gasteiger partial charge >= 0.3 is 12.1 Å². The molecule has 1 aromatic rings. The number of hydrogen-bond donors (Lipinski definition) is 3. The number of carboxylic acid groups (broad SMARTS) is 1. The van der Waals surface area contributed by atoms with E-state index >= 15 is 0 Å². The zero-order valence-corrected chi connectivity index (χ0v) is 11.4. The Hall–Kier alpha value is -2.28. The quantitative estimate of drug-likeness (QED) is 0.730. The van der Waals surface area contributed by atoms with Gasteiger partial charge in [-0.1, -0.05) is 12.1 Å². The number of carbonyl (C=O) groups excluding carboxylic acids is 1. The molecule has 0 saturated heterocycles. The van der Waals surface area contributed by atoms with Gasteiger partial charge in [-0.2, -0.15) is 5.48 Å². The van der Waals surface area contributed by atoms with Crippen LogP contribution in [-0.4, -0.2) is 27.9 Å². The maximum absolute atomic E-state index is 11.4. The van der Waals surface area contributed by atoms with Gasteiger partial charge in [-0.15, -0.1) is 0 Å². The fourth-order valence-corrected chi connectivity index (χ4v) is 1.32. The second-order valence-corrected chi connectivity index (χ2v) is 5.03. The minimum atomic E-state index is -1.40. The highest BCUT2D eigenvalue weighted by molar-refractivity contribution is 5.75. The van der Waals surface area contributed by atoms with E-state index in [1.54, 1.807) is 20.8 Å². The van der Waals surface area contributed by atoms with E-state index in [-0.39, 0.29) is 11.3 Å². The summed E-state index contributed by atoms with van der Waals surface area (Å²) >= 11 is 0. The lowest BCUT2D eigenvalue weighted by atomic mass is 10.1. The third-order valence-corrected chi connectivity index (χ3v) is 2.08. The van der Waals surface area contributed by atoms with Crippen LogP contribution >= 0.6 is 0 Å². The molecule has 0 bridgehead atoms. The largest absolute Gasteiger partial charge is 0.508 e. The summed E-state index contributed by atoms with van der Waals surface area (Å²) in [6.45, 7) is 5.00. The summed E-state index contributed by atoms with van der Waals surface area (Å²) in [5.41, 5.74) is 1.48. The summed E-state index contributed by atoms with van der Waals surface area (Å²) in [5.74, 6) is -1.29. The Bertz CT molecular complexity index is 477. The number of amides is 1. The zero-order valence-electron chi connectivity index (χ0n) is 11.4. The predicted molar refractivity (Wildman–Crippen MR) is 68.9 cm³/mol. The number of carboxylic acids is 1. The summed E-state index contributed by atoms with van der Waals surface area (Å²) in [7, 11) is 0. The third-order valence-electron chi connectivity index (χ3n) is 2.08. The molecule has 1 rings (SSSR count). The van der Waals surface area contributed by atoms with Crippen molar-refractivity contribution in [3.05, 3.63) is 29.8 Å². The summed E-state index contributed by atoms with van der Waals surface area (Å²) < 4.78 is 4.91. The minimum Gasteiger partial charge on any atom is -0.508 e. The number of phenols is 1. The van der Waals surface area contributed by atoms with Crippen molar-refractivity contribution in [2.24, 2.45) is 0 Å². The number of benzene rings is 1. The maximum Gasteiger partial charge on any atom is 0.431 e. The van der Waals surface area contributed by atoms with Gasteiger partial charge < -0.3 is 14.9 Å². The molecule has 0 aliphatic carbocycles. The summed E-state index contributed by atoms with van der Waals surface area (Å²) in [5, 5.41) is 18.2. The molecule has 0 aliphatic heterocycles. The highest BCUT2D eigenvalue weighted by Gasteiger charge is 2.24. The number of phenolic OH excluding ortho intramolecular Hbond substituents is 1. The molecule has 3 N–H and O–H groups in total. The van der Waals surface area contributed by atoms with Crippen molar-refractivity contribution in [2.45, 2.75) is 32.5 Å². The van der Waals surface area contributed by atoms with Crippen molar-refractivity contribution in [1.29, 1.82) is 0 Å². The van der Waals surface area contributed by atoms with Gasteiger partial charge in [0.15, 0.2) is 0 Å². The molecule has 0 aromatic heterocycles. The van der Waals surface area contributed by atoms with Crippen LogP contribution in [0.5, 0.6) is 5.75 Å². The number of aliphatic carboxylic acids is 1. The van der Waals surface area contributed by atoms with Crippen LogP contribution < -0.4 is 5.48 Å². The van der Waals surface area contributed by atoms with Crippen molar-refractivity contribution in [3.63, 3.8) is 0 Å². The smallest absolute Gasteiger partial charge is 0.431 e. The van der Waals surface area contributed by atoms with Crippen molar-refractivity contribution >= 4 is 12.1 Å². The summed E-state index contributed by atoms with van der Waals surface area (Å²) in [6.07, 6.45) is -2.29. The van der Waals surface area contributed by atoms with Gasteiger partial charge in [-0.05, 0) is 38.5 Å². The molecule has 1 unspecified atom stereocenters. The number of hydroxylamine groups is 1. The normalized spacial score (nSPS) is 12.6. The number of nitrogens with one attached hydrogen (secondary N) is 1. The van der Waals surface area contributed by atoms with E-state index in [1.165, 1.54) is 24.3 Å². The Morgan fingerprint density at radius 2 is 1.75 bits per heavy atom. The van der Waals surface area contributed by atoms with E-state index in [4.69, 9.17) is 19.8 Å². The van der Waals surface area contributed by atoms with E-state index in [2.05, 4.69) is 0 Å². The standard InChI is InChI=1S/C13H17NO6/c1-13(2,3)19-12(18)14-20-10(11(16)17)8-4-6-9(15)7-5-8/h4-7,10,15H,1-3H3,(H,14,18)(H,16,17). The van der Waals surface area contributed by atoms with Gasteiger partial charge in [-0.3, -0.25) is 4.84 Å². The predicted octanol–water partition coefficient (Wildman–Crippen LogP) is 1.97. The number of hydrogen-bond acceptors (Lipinski definition) is 5. The lowest BCUT2D eigenvalue weighted by Gasteiger charge is -2.20. The molecule has 7 nitrogen and oxygen atoms in total. The molecule has 0 aliphatic rings. The van der Waals surface area contributed by atoms with E-state index in [9.17, 15) is 9.59 Å². The number of carbonyl (C=O) groups is 2. The van der Waals surface area contributed by atoms with Crippen LogP contribution in [0.15, 0.2) is 24.3 Å². The summed E-state index contributed by atoms with van der Waals surface area (Å²) in [4.78, 5) is 27.3. The highest BCUT2D eigenvalue weighted by atomic mass is 16.7. The number of rotatable bonds is 4. The Labute approximate surface area is 116 Å². The second kappa shape index (κ2) is 6.25. The first-order valence-corrected chi connectivity index (χ1v) is 5.85. The average Bonchev–Trinajstić information content (AvgIpc) is 2.29. The lowest BCUT2D eigenvalue weighted by Crippen LogP contribution is -2.34. The van der Waals surface area contributed by atoms with Crippen LogP contribution in [0.2, 0.25) is 0 Å². The van der Waals surface area contributed by atoms with Gasteiger partial charge in [0.05, 0.1) is 0 Å². The first kappa shape index (κ1) is 15.8. The van der Waals surface area contributed by atoms with Crippen molar-refractivity contribution < 1.29 is 29.4 Å². The number of ether oxygens (including phenoxy) is 1. The van der Waals surface area contributed by atoms with E-state index in [1.807, 2.05) is 5.48 Å². The maximum atomic E-state index is 11.4. The van der Waals surface area contributed by atoms with Gasteiger partial charge in [-0.25, -0.2) is 9.59 Å². The Balaban J connectivity index is 2.67. The fourth-order valence-electron chi connectivity index (χ4n) is 1.32. The first-order valence-electron chi connectivity index (χ1n) is 5.85. The second-order valence-electron chi connectivity index (χ2n) is 5.03. The highest BCUT2D eigenvalue weighted by Crippen LogP contribution is 2.19. The third kappa shape index (κ3) is 5.15. The topological polar surface area (TPSA) is 105 Å². The van der Waals surface area contributed by atoms with E-state index < -0.39 is 23.8 Å². The van der Waals surface area contributed by atoms with Crippen LogP contribution in [0.1, 0.15) is 32.4 Å². The van der Waals surface area contributed by atoms with Crippen molar-refractivity contribution in [2.75, 3.05) is 0 Å². The molecule has 0 heterocycles. The Kier molecular flexibility index (Phi) is 4.93. The molecule has 7 heteroatoms. The molecule has 1 atom stereocenters. The molecule has 1 amide bonds. The molecule has 110 valence electrons. The number of aromatic hydroxyl groups is 1. The van der Waals surface area contributed by atoms with Gasteiger partial charge in [0.1, 0.15) is 11.4 Å². The van der Waals surface area contributed by atoms with Gasteiger partial charge in [0.25, 0.3) is 0 Å². The Morgan fingerprint density at radius 3 is 2.20 bits per heavy atom. The summed E-state index contributed by atoms with van der Waals surface area (Å²) in [6, 6.07) is 5.40. The van der Waals surface area contributed by atoms with Crippen LogP contribution in [0.3, 0.4) is 0 Å². The van der Waals surface area contributed by atoms with E-state index in [0.717, 1.165) is 0 Å². The molecule has 20 heavy (non-hydrogen) atoms. The minimum absolute atomic E-state index is 0.00186. The van der Waals surface area contributed by atoms with Crippen molar-refractivity contribution in [3.8, 4) is 5.75 Å². The van der Waals surface area contributed by atoms with E-state index in [0.29, 0.717) is 0 Å². The molecule has 0 fully saturated rings. The molecular formula is C13H17NO6. The van der Waals surface area contributed by atoms with Gasteiger partial charge in [0.2, 0.25) is 6.10 Å². The molecule has 0 spiro atoms. The molecule has 1 aromatic carbocycles. The lowest BCUT2D eigenvalue weighted by molar-refractivity contribution is -0.155.